The number of fused-ring (bicyclic) bond motifs is 1. The van der Waals surface area contributed by atoms with E-state index in [2.05, 4.69) is 30.3 Å². The van der Waals surface area contributed by atoms with E-state index in [9.17, 15) is 0 Å². The minimum absolute atomic E-state index is 0.121. The van der Waals surface area contributed by atoms with Gasteiger partial charge in [-0.25, -0.2) is 0 Å². The monoisotopic (exact) mass is 199 g/mol. The van der Waals surface area contributed by atoms with Gasteiger partial charge in [0, 0.05) is 9.58 Å². The first-order chi connectivity index (χ1) is 6.84. The fraction of sp³-hybridized carbons (Fsp3) is 0.250. The molecule has 3 rings (SSSR count). The minimum atomic E-state index is -0.121. The highest BCUT2D eigenvalue weighted by molar-refractivity contribution is 7.19. The lowest BCUT2D eigenvalue weighted by Gasteiger charge is -1.97. The number of nitrogens with zero attached hydrogens (tertiary/aromatic N) is 1. The van der Waals surface area contributed by atoms with E-state index in [-0.39, 0.29) is 5.41 Å². The highest BCUT2D eigenvalue weighted by Crippen LogP contribution is 2.50. The smallest absolute Gasteiger partial charge is 0.0916 e. The molecule has 1 nitrogen and oxygen atoms in total. The summed E-state index contributed by atoms with van der Waals surface area (Å²) in [5, 5.41) is 10.4. The van der Waals surface area contributed by atoms with Crippen LogP contribution in [0.4, 0.5) is 0 Å². The first-order valence-electron chi connectivity index (χ1n) is 4.74. The topological polar surface area (TPSA) is 23.8 Å². The standard InChI is InChI=1S/C12H9NS/c13-8-12(5-6-12)11-7-9-3-1-2-4-10(9)14-11/h1-4,7H,5-6H2. The van der Waals surface area contributed by atoms with Crippen LogP contribution in [0.1, 0.15) is 17.7 Å². The van der Waals surface area contributed by atoms with Gasteiger partial charge in [0.05, 0.1) is 11.5 Å². The van der Waals surface area contributed by atoms with E-state index in [0.29, 0.717) is 0 Å². The third kappa shape index (κ3) is 0.995. The first-order valence-corrected chi connectivity index (χ1v) is 5.56. The largest absolute Gasteiger partial charge is 0.197 e. The molecule has 1 aliphatic rings. The summed E-state index contributed by atoms with van der Waals surface area (Å²) in [6.45, 7) is 0. The van der Waals surface area contributed by atoms with Gasteiger partial charge in [0.1, 0.15) is 0 Å². The molecule has 0 amide bonds. The molecule has 0 radical (unpaired) electrons. The Kier molecular flexibility index (Phi) is 1.48. The molecule has 0 saturated heterocycles. The van der Waals surface area contributed by atoms with Crippen molar-refractivity contribution in [2.75, 3.05) is 0 Å². The number of hydrogen-bond acceptors (Lipinski definition) is 2. The van der Waals surface area contributed by atoms with E-state index < -0.39 is 0 Å². The van der Waals surface area contributed by atoms with E-state index >= 15 is 0 Å². The molecule has 14 heavy (non-hydrogen) atoms. The molecule has 0 atom stereocenters. The Morgan fingerprint density at radius 1 is 1.29 bits per heavy atom. The second kappa shape index (κ2) is 2.59. The first kappa shape index (κ1) is 8.02. The van der Waals surface area contributed by atoms with Crippen molar-refractivity contribution in [2.45, 2.75) is 18.3 Å². The van der Waals surface area contributed by atoms with Crippen LogP contribution in [0, 0.1) is 11.3 Å². The number of rotatable bonds is 1. The third-order valence-corrected chi connectivity index (χ3v) is 4.18. The van der Waals surface area contributed by atoms with Crippen molar-refractivity contribution in [1.29, 1.82) is 5.26 Å². The maximum atomic E-state index is 9.09. The molecule has 0 spiro atoms. The second-order valence-electron chi connectivity index (χ2n) is 3.84. The molecule has 1 fully saturated rings. The zero-order valence-corrected chi connectivity index (χ0v) is 8.47. The summed E-state index contributed by atoms with van der Waals surface area (Å²) in [4.78, 5) is 1.25. The Hall–Kier alpha value is -1.33. The Labute approximate surface area is 86.6 Å². The van der Waals surface area contributed by atoms with Crippen LogP contribution in [-0.4, -0.2) is 0 Å². The molecule has 0 N–H and O–H groups in total. The van der Waals surface area contributed by atoms with Crippen LogP contribution in [0.15, 0.2) is 30.3 Å². The summed E-state index contributed by atoms with van der Waals surface area (Å²) >= 11 is 1.77. The molecule has 1 heterocycles. The molecule has 2 aromatic rings. The van der Waals surface area contributed by atoms with Gasteiger partial charge in [-0.05, 0) is 30.4 Å². The van der Waals surface area contributed by atoms with Crippen molar-refractivity contribution >= 4 is 21.4 Å². The molecule has 2 heteroatoms. The maximum absolute atomic E-state index is 9.09. The lowest BCUT2D eigenvalue weighted by Crippen LogP contribution is -1.97. The minimum Gasteiger partial charge on any atom is -0.197 e. The lowest BCUT2D eigenvalue weighted by atomic mass is 10.1. The van der Waals surface area contributed by atoms with Crippen LogP contribution in [0.25, 0.3) is 10.1 Å². The summed E-state index contributed by atoms with van der Waals surface area (Å²) in [5.41, 5.74) is -0.121. The van der Waals surface area contributed by atoms with Gasteiger partial charge in [0.2, 0.25) is 0 Å². The Morgan fingerprint density at radius 3 is 2.71 bits per heavy atom. The summed E-state index contributed by atoms with van der Waals surface area (Å²) in [7, 11) is 0. The van der Waals surface area contributed by atoms with Gasteiger partial charge in [-0.1, -0.05) is 18.2 Å². The predicted molar refractivity (Wildman–Crippen MR) is 58.4 cm³/mol. The third-order valence-electron chi connectivity index (χ3n) is 2.86. The summed E-state index contributed by atoms with van der Waals surface area (Å²) in [5.74, 6) is 0. The molecule has 0 unspecified atom stereocenters. The Balaban J connectivity index is 2.21. The zero-order chi connectivity index (χ0) is 9.60. The summed E-state index contributed by atoms with van der Waals surface area (Å²) in [6, 6.07) is 12.9. The van der Waals surface area contributed by atoms with Crippen LogP contribution in [0.2, 0.25) is 0 Å². The molecular formula is C12H9NS. The molecule has 1 saturated carbocycles. The van der Waals surface area contributed by atoms with Crippen molar-refractivity contribution in [3.05, 3.63) is 35.2 Å². The average molecular weight is 199 g/mol. The molecule has 0 aliphatic heterocycles. The lowest BCUT2D eigenvalue weighted by molar-refractivity contribution is 0.938. The van der Waals surface area contributed by atoms with Gasteiger partial charge < -0.3 is 0 Å². The number of thiophene rings is 1. The maximum Gasteiger partial charge on any atom is 0.0916 e. The summed E-state index contributed by atoms with van der Waals surface area (Å²) < 4.78 is 1.30. The van der Waals surface area contributed by atoms with Crippen LogP contribution < -0.4 is 0 Å². The molecule has 1 aromatic heterocycles. The van der Waals surface area contributed by atoms with E-state index in [0.717, 1.165) is 12.8 Å². The average Bonchev–Trinajstić information content (AvgIpc) is 2.91. The van der Waals surface area contributed by atoms with Gasteiger partial charge in [0.25, 0.3) is 0 Å². The molecule has 1 aromatic carbocycles. The molecule has 68 valence electrons. The van der Waals surface area contributed by atoms with Crippen LogP contribution in [0.5, 0.6) is 0 Å². The highest BCUT2D eigenvalue weighted by atomic mass is 32.1. The van der Waals surface area contributed by atoms with Crippen molar-refractivity contribution in [3.8, 4) is 6.07 Å². The second-order valence-corrected chi connectivity index (χ2v) is 4.93. The SMILES string of the molecule is N#CC1(c2cc3ccccc3s2)CC1. The molecule has 1 aliphatic carbocycles. The normalized spacial score (nSPS) is 17.9. The Bertz CT molecular complexity index is 495. The van der Waals surface area contributed by atoms with Crippen molar-refractivity contribution in [2.24, 2.45) is 0 Å². The summed E-state index contributed by atoms with van der Waals surface area (Å²) in [6.07, 6.45) is 2.08. The van der Waals surface area contributed by atoms with Gasteiger partial charge in [0.15, 0.2) is 0 Å². The van der Waals surface area contributed by atoms with E-state index in [1.165, 1.54) is 15.0 Å². The number of benzene rings is 1. The van der Waals surface area contributed by atoms with E-state index in [1.54, 1.807) is 11.3 Å². The Morgan fingerprint density at radius 2 is 2.07 bits per heavy atom. The molecule has 0 bridgehead atoms. The number of nitriles is 1. The van der Waals surface area contributed by atoms with Gasteiger partial charge in [-0.3, -0.25) is 0 Å². The van der Waals surface area contributed by atoms with Crippen molar-refractivity contribution < 1.29 is 0 Å². The van der Waals surface area contributed by atoms with Gasteiger partial charge in [-0.2, -0.15) is 5.26 Å². The predicted octanol–water partition coefficient (Wildman–Crippen LogP) is 3.46. The van der Waals surface area contributed by atoms with Crippen LogP contribution in [-0.2, 0) is 5.41 Å². The fourth-order valence-corrected chi connectivity index (χ4v) is 3.02. The fourth-order valence-electron chi connectivity index (χ4n) is 1.76. The van der Waals surface area contributed by atoms with E-state index in [4.69, 9.17) is 5.26 Å². The van der Waals surface area contributed by atoms with E-state index in [1.807, 2.05) is 6.07 Å². The number of hydrogen-bond donors (Lipinski definition) is 0. The van der Waals surface area contributed by atoms with Crippen molar-refractivity contribution in [3.63, 3.8) is 0 Å². The van der Waals surface area contributed by atoms with Crippen LogP contribution >= 0.6 is 11.3 Å². The quantitative estimate of drug-likeness (QED) is 0.690. The van der Waals surface area contributed by atoms with Gasteiger partial charge in [-0.15, -0.1) is 11.3 Å². The van der Waals surface area contributed by atoms with Crippen molar-refractivity contribution in [1.82, 2.24) is 0 Å². The van der Waals surface area contributed by atoms with Crippen LogP contribution in [0.3, 0.4) is 0 Å². The molecular weight excluding hydrogens is 190 g/mol. The zero-order valence-electron chi connectivity index (χ0n) is 7.66. The highest BCUT2D eigenvalue weighted by Gasteiger charge is 2.46. The van der Waals surface area contributed by atoms with Gasteiger partial charge >= 0.3 is 0 Å².